The molecule has 0 unspecified atom stereocenters. The summed E-state index contributed by atoms with van der Waals surface area (Å²) in [6.45, 7) is 0. The van der Waals surface area contributed by atoms with Crippen molar-refractivity contribution in [1.82, 2.24) is 19.5 Å². The molecule has 4 nitrogen and oxygen atoms in total. The quantitative estimate of drug-likeness (QED) is 0.550. The van der Waals surface area contributed by atoms with Gasteiger partial charge in [-0.3, -0.25) is 4.98 Å². The molecule has 0 radical (unpaired) electrons. The van der Waals surface area contributed by atoms with Crippen molar-refractivity contribution >= 4 is 21.9 Å². The van der Waals surface area contributed by atoms with Crippen LogP contribution in [0.1, 0.15) is 0 Å². The Balaban J connectivity index is 2.15. The molecule has 0 saturated carbocycles. The minimum Gasteiger partial charge on any atom is -0.346 e. The van der Waals surface area contributed by atoms with Crippen molar-refractivity contribution < 1.29 is 0 Å². The van der Waals surface area contributed by atoms with Crippen LogP contribution in [-0.4, -0.2) is 19.5 Å². The largest absolute Gasteiger partial charge is 0.346 e. The van der Waals surface area contributed by atoms with Crippen LogP contribution in [0.4, 0.5) is 0 Å². The lowest BCUT2D eigenvalue weighted by molar-refractivity contribution is 1.10. The summed E-state index contributed by atoms with van der Waals surface area (Å²) < 4.78 is 2.14. The van der Waals surface area contributed by atoms with Crippen molar-refractivity contribution in [3.8, 4) is 5.69 Å². The maximum absolute atomic E-state index is 4.39. The molecule has 0 aliphatic heterocycles. The average molecular weight is 234 g/mol. The molecule has 4 aromatic heterocycles. The van der Waals surface area contributed by atoms with Crippen molar-refractivity contribution in [2.24, 2.45) is 0 Å². The lowest BCUT2D eigenvalue weighted by atomic mass is 10.2. The molecule has 0 aliphatic carbocycles. The number of fused-ring (bicyclic) bond motifs is 3. The highest BCUT2D eigenvalue weighted by atomic mass is 15.0. The molecular weight excluding hydrogens is 224 g/mol. The number of hydrogen-bond acceptors (Lipinski definition) is 2. The maximum Gasteiger partial charge on any atom is 0.139 e. The first-order chi connectivity index (χ1) is 8.93. The molecule has 0 aromatic carbocycles. The van der Waals surface area contributed by atoms with E-state index in [0.29, 0.717) is 0 Å². The van der Waals surface area contributed by atoms with Gasteiger partial charge in [0.1, 0.15) is 5.65 Å². The van der Waals surface area contributed by atoms with E-state index >= 15 is 0 Å². The molecule has 4 heteroatoms. The number of nitrogens with zero attached hydrogens (tertiary/aromatic N) is 3. The van der Waals surface area contributed by atoms with Crippen LogP contribution in [0, 0.1) is 0 Å². The summed E-state index contributed by atoms with van der Waals surface area (Å²) in [4.78, 5) is 11.7. The van der Waals surface area contributed by atoms with Crippen LogP contribution in [0.2, 0.25) is 0 Å². The molecular formula is C14H10N4. The first-order valence-corrected chi connectivity index (χ1v) is 5.77. The molecule has 0 fully saturated rings. The van der Waals surface area contributed by atoms with Gasteiger partial charge in [-0.05, 0) is 24.3 Å². The molecule has 1 N–H and O–H groups in total. The molecule has 4 aromatic rings. The Morgan fingerprint density at radius 3 is 3.00 bits per heavy atom. The first kappa shape index (κ1) is 9.41. The van der Waals surface area contributed by atoms with Crippen molar-refractivity contribution in [2.45, 2.75) is 0 Å². The van der Waals surface area contributed by atoms with Crippen LogP contribution in [0.25, 0.3) is 27.6 Å². The van der Waals surface area contributed by atoms with E-state index in [1.165, 1.54) is 0 Å². The van der Waals surface area contributed by atoms with E-state index in [2.05, 4.69) is 37.8 Å². The highest BCUT2D eigenvalue weighted by Crippen LogP contribution is 2.26. The predicted molar refractivity (Wildman–Crippen MR) is 70.7 cm³/mol. The molecule has 0 amide bonds. The normalized spacial score (nSPS) is 11.3. The first-order valence-electron chi connectivity index (χ1n) is 5.77. The van der Waals surface area contributed by atoms with Gasteiger partial charge < -0.3 is 9.55 Å². The SMILES string of the molecule is c1cncc(-n2ccc3cnc4[nH]ccc4c32)c1. The highest BCUT2D eigenvalue weighted by molar-refractivity contribution is 6.03. The van der Waals surface area contributed by atoms with Crippen LogP contribution in [-0.2, 0) is 0 Å². The van der Waals surface area contributed by atoms with Crippen molar-refractivity contribution in [1.29, 1.82) is 0 Å². The van der Waals surface area contributed by atoms with Gasteiger partial charge in [-0.1, -0.05) is 0 Å². The molecule has 18 heavy (non-hydrogen) atoms. The van der Waals surface area contributed by atoms with E-state index in [1.54, 1.807) is 6.20 Å². The van der Waals surface area contributed by atoms with Gasteiger partial charge in [0, 0.05) is 35.6 Å². The average Bonchev–Trinajstić information content (AvgIpc) is 3.05. The Hall–Kier alpha value is -2.62. The van der Waals surface area contributed by atoms with Gasteiger partial charge in [-0.2, -0.15) is 0 Å². The summed E-state index contributed by atoms with van der Waals surface area (Å²) in [7, 11) is 0. The van der Waals surface area contributed by atoms with Gasteiger partial charge in [-0.15, -0.1) is 0 Å². The molecule has 0 spiro atoms. The molecule has 4 rings (SSSR count). The van der Waals surface area contributed by atoms with Gasteiger partial charge in [0.15, 0.2) is 0 Å². The zero-order chi connectivity index (χ0) is 11.9. The number of aromatic amines is 1. The molecule has 0 bridgehead atoms. The van der Waals surface area contributed by atoms with Crippen molar-refractivity contribution in [2.75, 3.05) is 0 Å². The molecule has 0 saturated heterocycles. The van der Waals surface area contributed by atoms with Gasteiger partial charge in [-0.25, -0.2) is 4.98 Å². The summed E-state index contributed by atoms with van der Waals surface area (Å²) in [6, 6.07) is 8.11. The van der Waals surface area contributed by atoms with Crippen LogP contribution < -0.4 is 0 Å². The smallest absolute Gasteiger partial charge is 0.139 e. The maximum atomic E-state index is 4.39. The second-order valence-electron chi connectivity index (χ2n) is 4.20. The second-order valence-corrected chi connectivity index (χ2v) is 4.20. The zero-order valence-corrected chi connectivity index (χ0v) is 9.54. The summed E-state index contributed by atoms with van der Waals surface area (Å²) in [5.74, 6) is 0. The van der Waals surface area contributed by atoms with Gasteiger partial charge in [0.05, 0.1) is 17.4 Å². The topological polar surface area (TPSA) is 46.5 Å². The van der Waals surface area contributed by atoms with Gasteiger partial charge >= 0.3 is 0 Å². The monoisotopic (exact) mass is 234 g/mol. The van der Waals surface area contributed by atoms with E-state index in [9.17, 15) is 0 Å². The number of pyridine rings is 2. The Morgan fingerprint density at radius 2 is 2.11 bits per heavy atom. The van der Waals surface area contributed by atoms with Gasteiger partial charge in [0.25, 0.3) is 0 Å². The molecule has 4 heterocycles. The Labute approximate surface area is 103 Å². The van der Waals surface area contributed by atoms with Crippen LogP contribution in [0.15, 0.2) is 55.2 Å². The second kappa shape index (κ2) is 3.43. The third kappa shape index (κ3) is 1.20. The minimum atomic E-state index is 0.909. The lowest BCUT2D eigenvalue weighted by Gasteiger charge is -2.05. The van der Waals surface area contributed by atoms with Gasteiger partial charge in [0.2, 0.25) is 0 Å². The van der Waals surface area contributed by atoms with E-state index in [-0.39, 0.29) is 0 Å². The number of nitrogens with one attached hydrogen (secondary N) is 1. The number of hydrogen-bond donors (Lipinski definition) is 1. The van der Waals surface area contributed by atoms with Crippen molar-refractivity contribution in [3.63, 3.8) is 0 Å². The van der Waals surface area contributed by atoms with E-state index in [0.717, 1.165) is 27.6 Å². The predicted octanol–water partition coefficient (Wildman–Crippen LogP) is 2.90. The minimum absolute atomic E-state index is 0.909. The molecule has 86 valence electrons. The van der Waals surface area contributed by atoms with E-state index in [4.69, 9.17) is 0 Å². The van der Waals surface area contributed by atoms with Crippen LogP contribution in [0.3, 0.4) is 0 Å². The van der Waals surface area contributed by atoms with Crippen molar-refractivity contribution in [3.05, 3.63) is 55.2 Å². The standard InChI is InChI=1S/C14H10N4/c1-2-11(9-15-5-1)18-7-4-10-8-17-14-12(13(10)18)3-6-16-14/h1-9H,(H,16,17). The zero-order valence-electron chi connectivity index (χ0n) is 9.54. The van der Waals surface area contributed by atoms with E-state index in [1.807, 2.05) is 30.7 Å². The fourth-order valence-corrected chi connectivity index (χ4v) is 2.34. The van der Waals surface area contributed by atoms with Crippen LogP contribution in [0.5, 0.6) is 0 Å². The third-order valence-corrected chi connectivity index (χ3v) is 3.15. The Kier molecular flexibility index (Phi) is 1.80. The fraction of sp³-hybridized carbons (Fsp3) is 0. The summed E-state index contributed by atoms with van der Waals surface area (Å²) in [6.07, 6.45) is 9.50. The summed E-state index contributed by atoms with van der Waals surface area (Å²) in [5, 5.41) is 2.26. The third-order valence-electron chi connectivity index (χ3n) is 3.15. The number of rotatable bonds is 1. The fourth-order valence-electron chi connectivity index (χ4n) is 2.34. The van der Waals surface area contributed by atoms with E-state index < -0.39 is 0 Å². The number of aromatic nitrogens is 4. The lowest BCUT2D eigenvalue weighted by Crippen LogP contribution is -1.92. The summed E-state index contributed by atoms with van der Waals surface area (Å²) in [5.41, 5.74) is 3.13. The molecule has 0 aliphatic rings. The molecule has 0 atom stereocenters. The highest BCUT2D eigenvalue weighted by Gasteiger charge is 2.08. The Morgan fingerprint density at radius 1 is 1.11 bits per heavy atom. The Bertz CT molecular complexity index is 827. The van der Waals surface area contributed by atoms with Crippen LogP contribution >= 0.6 is 0 Å². The summed E-state index contributed by atoms with van der Waals surface area (Å²) >= 11 is 0. The number of H-pyrrole nitrogens is 1.